The van der Waals surface area contributed by atoms with E-state index in [1.54, 1.807) is 0 Å². The molecule has 2 amide bonds. The van der Waals surface area contributed by atoms with Gasteiger partial charge in [-0.1, -0.05) is 12.1 Å². The quantitative estimate of drug-likeness (QED) is 0.864. The van der Waals surface area contributed by atoms with E-state index in [-0.39, 0.29) is 28.8 Å². The largest absolute Gasteiger partial charge is 0.478 e. The van der Waals surface area contributed by atoms with Crippen LogP contribution in [0.25, 0.3) is 0 Å². The van der Waals surface area contributed by atoms with Crippen molar-refractivity contribution in [2.75, 3.05) is 0 Å². The molecule has 128 valence electrons. The number of nitrogens with zero attached hydrogens (tertiary/aromatic N) is 1. The fraction of sp³-hybridized carbons (Fsp3) is 0.118. The summed E-state index contributed by atoms with van der Waals surface area (Å²) >= 11 is 0. The van der Waals surface area contributed by atoms with E-state index in [2.05, 4.69) is 0 Å². The summed E-state index contributed by atoms with van der Waals surface area (Å²) in [5.74, 6) is -2.66. The molecule has 1 heterocycles. The summed E-state index contributed by atoms with van der Waals surface area (Å²) in [5.41, 5.74) is -0.933. The van der Waals surface area contributed by atoms with Gasteiger partial charge < -0.3 is 5.11 Å². The van der Waals surface area contributed by atoms with E-state index >= 15 is 0 Å². The molecule has 1 N–H and O–H groups in total. The van der Waals surface area contributed by atoms with Gasteiger partial charge in [0.15, 0.2) is 0 Å². The fourth-order valence-electron chi connectivity index (χ4n) is 2.60. The maximum absolute atomic E-state index is 12.8. The molecule has 0 bridgehead atoms. The van der Waals surface area contributed by atoms with Crippen LogP contribution in [0.3, 0.4) is 0 Å². The highest BCUT2D eigenvalue weighted by atomic mass is 19.4. The smallest absolute Gasteiger partial charge is 0.416 e. The highest BCUT2D eigenvalue weighted by Gasteiger charge is 2.36. The number of carboxylic acids is 1. The summed E-state index contributed by atoms with van der Waals surface area (Å²) in [5, 5.41) is 8.96. The van der Waals surface area contributed by atoms with Crippen molar-refractivity contribution < 1.29 is 32.7 Å². The fourth-order valence-corrected chi connectivity index (χ4v) is 2.60. The molecule has 0 saturated carbocycles. The summed E-state index contributed by atoms with van der Waals surface area (Å²) in [4.78, 5) is 36.4. The molecule has 25 heavy (non-hydrogen) atoms. The lowest BCUT2D eigenvalue weighted by atomic mass is 10.1. The minimum atomic E-state index is -4.53. The van der Waals surface area contributed by atoms with Crippen molar-refractivity contribution in [2.24, 2.45) is 0 Å². The van der Waals surface area contributed by atoms with Crippen LogP contribution in [0.4, 0.5) is 13.2 Å². The van der Waals surface area contributed by atoms with Crippen molar-refractivity contribution in [3.05, 3.63) is 70.3 Å². The average molecular weight is 349 g/mol. The lowest BCUT2D eigenvalue weighted by Crippen LogP contribution is -2.29. The topological polar surface area (TPSA) is 74.7 Å². The Kier molecular flexibility index (Phi) is 3.82. The number of hydrogen-bond acceptors (Lipinski definition) is 3. The summed E-state index contributed by atoms with van der Waals surface area (Å²) in [6.45, 7) is -0.335. The van der Waals surface area contributed by atoms with Gasteiger partial charge in [0.25, 0.3) is 11.8 Å². The SMILES string of the molecule is O=C(O)c1ccc2c(c1)C(=O)N(Cc1cccc(C(F)(F)F)c1)C2=O. The van der Waals surface area contributed by atoms with Gasteiger partial charge in [-0.3, -0.25) is 14.5 Å². The van der Waals surface area contributed by atoms with E-state index < -0.39 is 29.5 Å². The third-order valence-electron chi connectivity index (χ3n) is 3.81. The Bertz CT molecular complexity index is 905. The van der Waals surface area contributed by atoms with E-state index in [0.29, 0.717) is 0 Å². The van der Waals surface area contributed by atoms with Crippen LogP contribution in [0.2, 0.25) is 0 Å². The molecular weight excluding hydrogens is 339 g/mol. The minimum absolute atomic E-state index is 0.0296. The number of benzene rings is 2. The van der Waals surface area contributed by atoms with Crippen molar-refractivity contribution >= 4 is 17.8 Å². The molecule has 0 radical (unpaired) electrons. The Balaban J connectivity index is 1.91. The number of aromatic carboxylic acids is 1. The molecule has 0 aliphatic carbocycles. The van der Waals surface area contributed by atoms with Crippen LogP contribution in [0, 0.1) is 0 Å². The van der Waals surface area contributed by atoms with Crippen LogP contribution >= 0.6 is 0 Å². The first-order valence-electron chi connectivity index (χ1n) is 7.08. The normalized spacial score (nSPS) is 14.0. The number of carbonyl (C=O) groups excluding carboxylic acids is 2. The molecular formula is C17H10F3NO4. The third-order valence-corrected chi connectivity index (χ3v) is 3.81. The van der Waals surface area contributed by atoms with Crippen molar-refractivity contribution in [3.63, 3.8) is 0 Å². The van der Waals surface area contributed by atoms with Crippen LogP contribution < -0.4 is 0 Å². The third kappa shape index (κ3) is 2.98. The molecule has 0 atom stereocenters. The summed E-state index contributed by atoms with van der Waals surface area (Å²) in [7, 11) is 0. The Morgan fingerprint density at radius 3 is 2.32 bits per heavy atom. The van der Waals surface area contributed by atoms with Gasteiger partial charge in [0, 0.05) is 0 Å². The van der Waals surface area contributed by atoms with Crippen molar-refractivity contribution in [1.29, 1.82) is 0 Å². The second-order valence-corrected chi connectivity index (χ2v) is 5.46. The van der Waals surface area contributed by atoms with E-state index in [9.17, 15) is 27.6 Å². The predicted molar refractivity (Wildman–Crippen MR) is 79.0 cm³/mol. The standard InChI is InChI=1S/C17H10F3NO4/c18-17(19,20)11-3-1-2-9(6-11)8-21-14(22)12-5-4-10(16(24)25)7-13(12)15(21)23/h1-7H,8H2,(H,24,25). The second kappa shape index (κ2) is 5.73. The minimum Gasteiger partial charge on any atom is -0.478 e. The zero-order valence-corrected chi connectivity index (χ0v) is 12.5. The Hall–Kier alpha value is -3.16. The van der Waals surface area contributed by atoms with E-state index in [1.807, 2.05) is 0 Å². The zero-order chi connectivity index (χ0) is 18.4. The first-order chi connectivity index (χ1) is 11.7. The number of alkyl halides is 3. The molecule has 1 aliphatic rings. The van der Waals surface area contributed by atoms with Crippen molar-refractivity contribution in [3.8, 4) is 0 Å². The Morgan fingerprint density at radius 2 is 1.68 bits per heavy atom. The first-order valence-corrected chi connectivity index (χ1v) is 7.08. The number of carbonyl (C=O) groups is 3. The molecule has 8 heteroatoms. The average Bonchev–Trinajstić information content (AvgIpc) is 2.79. The van der Waals surface area contributed by atoms with Crippen molar-refractivity contribution in [2.45, 2.75) is 12.7 Å². The molecule has 0 saturated heterocycles. The van der Waals surface area contributed by atoms with Gasteiger partial charge in [0.05, 0.1) is 28.8 Å². The number of hydrogen-bond donors (Lipinski definition) is 1. The summed E-state index contributed by atoms with van der Waals surface area (Å²) in [6, 6.07) is 7.84. The molecule has 3 rings (SSSR count). The molecule has 0 aromatic heterocycles. The maximum atomic E-state index is 12.8. The van der Waals surface area contributed by atoms with Crippen LogP contribution in [0.1, 0.15) is 42.2 Å². The predicted octanol–water partition coefficient (Wildman–Crippen LogP) is 3.20. The molecule has 2 aromatic carbocycles. The van der Waals surface area contributed by atoms with Gasteiger partial charge >= 0.3 is 12.1 Å². The van der Waals surface area contributed by atoms with Crippen LogP contribution in [-0.4, -0.2) is 27.8 Å². The summed E-state index contributed by atoms with van der Waals surface area (Å²) < 4.78 is 38.3. The number of fused-ring (bicyclic) bond motifs is 1. The Labute approximate surface area is 139 Å². The first kappa shape index (κ1) is 16.7. The maximum Gasteiger partial charge on any atom is 0.416 e. The number of carboxylic acid groups (broad SMARTS) is 1. The number of rotatable bonds is 3. The lowest BCUT2D eigenvalue weighted by Gasteiger charge is -2.15. The van der Waals surface area contributed by atoms with Gasteiger partial charge in [0.1, 0.15) is 0 Å². The highest BCUT2D eigenvalue weighted by molar-refractivity contribution is 6.21. The van der Waals surface area contributed by atoms with Gasteiger partial charge in [-0.15, -0.1) is 0 Å². The highest BCUT2D eigenvalue weighted by Crippen LogP contribution is 2.31. The van der Waals surface area contributed by atoms with Crippen LogP contribution in [0.5, 0.6) is 0 Å². The van der Waals surface area contributed by atoms with Crippen LogP contribution in [0.15, 0.2) is 42.5 Å². The molecule has 2 aromatic rings. The zero-order valence-electron chi connectivity index (χ0n) is 12.5. The monoisotopic (exact) mass is 349 g/mol. The Morgan fingerprint density at radius 1 is 1.00 bits per heavy atom. The molecule has 0 spiro atoms. The number of imide groups is 1. The van der Waals surface area contributed by atoms with Gasteiger partial charge in [-0.2, -0.15) is 13.2 Å². The number of amides is 2. The molecule has 0 fully saturated rings. The van der Waals surface area contributed by atoms with E-state index in [1.165, 1.54) is 24.3 Å². The molecule has 1 aliphatic heterocycles. The second-order valence-electron chi connectivity index (χ2n) is 5.46. The molecule has 5 nitrogen and oxygen atoms in total. The van der Waals surface area contributed by atoms with Gasteiger partial charge in [0.2, 0.25) is 0 Å². The van der Waals surface area contributed by atoms with Gasteiger partial charge in [-0.05, 0) is 35.9 Å². The summed E-state index contributed by atoms with van der Waals surface area (Å²) in [6.07, 6.45) is -4.53. The van der Waals surface area contributed by atoms with Crippen molar-refractivity contribution in [1.82, 2.24) is 4.90 Å². The van der Waals surface area contributed by atoms with E-state index in [4.69, 9.17) is 5.11 Å². The molecule has 0 unspecified atom stereocenters. The number of halogens is 3. The van der Waals surface area contributed by atoms with Crippen LogP contribution in [-0.2, 0) is 12.7 Å². The van der Waals surface area contributed by atoms with Gasteiger partial charge in [-0.25, -0.2) is 4.79 Å². The lowest BCUT2D eigenvalue weighted by molar-refractivity contribution is -0.137. The van der Waals surface area contributed by atoms with E-state index in [0.717, 1.165) is 23.1 Å².